The molecule has 0 atom stereocenters. The highest BCUT2D eigenvalue weighted by Crippen LogP contribution is 2.28. The van der Waals surface area contributed by atoms with Gasteiger partial charge in [0.05, 0.1) is 0 Å². The molecule has 2 heteroatoms. The molecule has 0 heterocycles. The lowest BCUT2D eigenvalue weighted by atomic mass is 9.93. The molecule has 81 valence electrons. The van der Waals surface area contributed by atoms with Gasteiger partial charge in [-0.25, -0.2) is 4.39 Å². The molecular weight excluding hydrogens is 223 g/mol. The fourth-order valence-corrected chi connectivity index (χ4v) is 1.90. The highest BCUT2D eigenvalue weighted by atomic mass is 35.5. The van der Waals surface area contributed by atoms with E-state index in [4.69, 9.17) is 11.6 Å². The quantitative estimate of drug-likeness (QED) is 0.718. The minimum absolute atomic E-state index is 0.226. The summed E-state index contributed by atoms with van der Waals surface area (Å²) in [5, 5.41) is 0.712. The molecule has 2 aromatic rings. The smallest absolute Gasteiger partial charge is 0.123 e. The minimum atomic E-state index is -0.226. The standard InChI is InChI=1S/C14H11ClF/c1-10(11-6-8-12(16)9-7-11)13-4-2-3-5-14(13)15/h2-9H,1H3. The van der Waals surface area contributed by atoms with Crippen LogP contribution < -0.4 is 0 Å². The molecule has 0 aliphatic carbocycles. The SMILES string of the molecule is C[C](c1ccc(F)cc1)c1ccccc1Cl. The Morgan fingerprint density at radius 1 is 1.00 bits per heavy atom. The van der Waals surface area contributed by atoms with E-state index < -0.39 is 0 Å². The van der Waals surface area contributed by atoms with Gasteiger partial charge >= 0.3 is 0 Å². The van der Waals surface area contributed by atoms with Crippen molar-refractivity contribution >= 4 is 11.6 Å². The third kappa shape index (κ3) is 2.25. The van der Waals surface area contributed by atoms with Gasteiger partial charge in [0.15, 0.2) is 0 Å². The molecule has 0 aliphatic rings. The molecule has 0 saturated heterocycles. The number of rotatable bonds is 2. The third-order valence-electron chi connectivity index (χ3n) is 2.56. The van der Waals surface area contributed by atoms with E-state index in [0.29, 0.717) is 5.02 Å². The highest BCUT2D eigenvalue weighted by Gasteiger charge is 2.11. The Bertz CT molecular complexity index is 476. The first-order chi connectivity index (χ1) is 7.68. The largest absolute Gasteiger partial charge is 0.207 e. The maximum absolute atomic E-state index is 12.8. The summed E-state index contributed by atoms with van der Waals surface area (Å²) in [7, 11) is 0. The Balaban J connectivity index is 2.35. The van der Waals surface area contributed by atoms with Gasteiger partial charge < -0.3 is 0 Å². The van der Waals surface area contributed by atoms with E-state index in [1.165, 1.54) is 12.1 Å². The predicted molar refractivity (Wildman–Crippen MR) is 65.0 cm³/mol. The van der Waals surface area contributed by atoms with Crippen LogP contribution in [0.3, 0.4) is 0 Å². The van der Waals surface area contributed by atoms with E-state index in [-0.39, 0.29) is 5.82 Å². The number of halogens is 2. The van der Waals surface area contributed by atoms with Crippen molar-refractivity contribution < 1.29 is 4.39 Å². The number of benzene rings is 2. The first kappa shape index (κ1) is 11.2. The van der Waals surface area contributed by atoms with E-state index in [2.05, 4.69) is 0 Å². The van der Waals surface area contributed by atoms with Crippen LogP contribution in [0.25, 0.3) is 0 Å². The maximum Gasteiger partial charge on any atom is 0.123 e. The van der Waals surface area contributed by atoms with Crippen molar-refractivity contribution in [2.24, 2.45) is 0 Å². The maximum atomic E-state index is 12.8. The predicted octanol–water partition coefficient (Wildman–Crippen LogP) is 4.47. The van der Waals surface area contributed by atoms with E-state index >= 15 is 0 Å². The van der Waals surface area contributed by atoms with Gasteiger partial charge in [-0.1, -0.05) is 48.9 Å². The molecular formula is C14H11ClF. The van der Waals surface area contributed by atoms with Gasteiger partial charge in [0.25, 0.3) is 0 Å². The van der Waals surface area contributed by atoms with Gasteiger partial charge in [-0.15, -0.1) is 0 Å². The average molecular weight is 234 g/mol. The fourth-order valence-electron chi connectivity index (χ4n) is 1.62. The molecule has 1 radical (unpaired) electrons. The van der Waals surface area contributed by atoms with Gasteiger partial charge in [0.2, 0.25) is 0 Å². The summed E-state index contributed by atoms with van der Waals surface area (Å²) < 4.78 is 12.8. The molecule has 0 fully saturated rings. The molecule has 2 rings (SSSR count). The van der Waals surface area contributed by atoms with Crippen LogP contribution in [0, 0.1) is 11.7 Å². The molecule has 0 N–H and O–H groups in total. The second-order valence-corrected chi connectivity index (χ2v) is 4.02. The Morgan fingerprint density at radius 2 is 1.62 bits per heavy atom. The van der Waals surface area contributed by atoms with Crippen LogP contribution in [0.1, 0.15) is 18.1 Å². The van der Waals surface area contributed by atoms with Crippen molar-refractivity contribution in [1.82, 2.24) is 0 Å². The molecule has 0 spiro atoms. The zero-order valence-corrected chi connectivity index (χ0v) is 9.63. The molecule has 2 aromatic carbocycles. The van der Waals surface area contributed by atoms with Crippen molar-refractivity contribution in [3.05, 3.63) is 76.4 Å². The molecule has 0 bridgehead atoms. The van der Waals surface area contributed by atoms with Gasteiger partial charge in [-0.05, 0) is 29.3 Å². The Labute approximate surface area is 99.7 Å². The average Bonchev–Trinajstić information content (AvgIpc) is 2.30. The number of hydrogen-bond donors (Lipinski definition) is 0. The second kappa shape index (κ2) is 4.67. The summed E-state index contributed by atoms with van der Waals surface area (Å²) >= 11 is 6.11. The normalized spacial score (nSPS) is 10.8. The molecule has 0 amide bonds. The van der Waals surface area contributed by atoms with Crippen molar-refractivity contribution in [2.75, 3.05) is 0 Å². The van der Waals surface area contributed by atoms with Crippen molar-refractivity contribution in [1.29, 1.82) is 0 Å². The lowest BCUT2D eigenvalue weighted by molar-refractivity contribution is 0.627. The van der Waals surface area contributed by atoms with Gasteiger partial charge in [-0.2, -0.15) is 0 Å². The minimum Gasteiger partial charge on any atom is -0.207 e. The summed E-state index contributed by atoms with van der Waals surface area (Å²) in [6.45, 7) is 1.98. The summed E-state index contributed by atoms with van der Waals surface area (Å²) in [6.07, 6.45) is 0. The third-order valence-corrected chi connectivity index (χ3v) is 2.88. The first-order valence-electron chi connectivity index (χ1n) is 5.03. The molecule has 0 aliphatic heterocycles. The van der Waals surface area contributed by atoms with Crippen LogP contribution >= 0.6 is 11.6 Å². The molecule has 16 heavy (non-hydrogen) atoms. The lowest BCUT2D eigenvalue weighted by Gasteiger charge is -2.13. The summed E-state index contributed by atoms with van der Waals surface area (Å²) in [5.41, 5.74) is 1.96. The van der Waals surface area contributed by atoms with E-state index in [1.807, 2.05) is 31.2 Å². The molecule has 0 saturated carbocycles. The zero-order valence-electron chi connectivity index (χ0n) is 8.87. The summed E-state index contributed by atoms with van der Waals surface area (Å²) in [6, 6.07) is 14.1. The summed E-state index contributed by atoms with van der Waals surface area (Å²) in [4.78, 5) is 0. The van der Waals surface area contributed by atoms with Crippen LogP contribution in [0.4, 0.5) is 4.39 Å². The highest BCUT2D eigenvalue weighted by molar-refractivity contribution is 6.31. The van der Waals surface area contributed by atoms with Crippen LogP contribution in [0.2, 0.25) is 5.02 Å². The van der Waals surface area contributed by atoms with Crippen LogP contribution in [-0.2, 0) is 0 Å². The Hall–Kier alpha value is -1.34. The molecule has 0 aromatic heterocycles. The molecule has 0 unspecified atom stereocenters. The van der Waals surface area contributed by atoms with E-state index in [9.17, 15) is 4.39 Å². The Morgan fingerprint density at radius 3 is 2.25 bits per heavy atom. The Kier molecular flexibility index (Phi) is 3.25. The van der Waals surface area contributed by atoms with Crippen LogP contribution in [-0.4, -0.2) is 0 Å². The summed E-state index contributed by atoms with van der Waals surface area (Å²) in [5.74, 6) is 0.821. The van der Waals surface area contributed by atoms with Crippen LogP contribution in [0.15, 0.2) is 48.5 Å². The first-order valence-corrected chi connectivity index (χ1v) is 5.40. The fraction of sp³-hybridized carbons (Fsp3) is 0.0714. The van der Waals surface area contributed by atoms with Crippen LogP contribution in [0.5, 0.6) is 0 Å². The van der Waals surface area contributed by atoms with E-state index in [1.54, 1.807) is 12.1 Å². The van der Waals surface area contributed by atoms with E-state index in [0.717, 1.165) is 17.0 Å². The van der Waals surface area contributed by atoms with Gasteiger partial charge in [0, 0.05) is 10.9 Å². The monoisotopic (exact) mass is 233 g/mol. The van der Waals surface area contributed by atoms with Crippen molar-refractivity contribution in [3.8, 4) is 0 Å². The van der Waals surface area contributed by atoms with Crippen molar-refractivity contribution in [3.63, 3.8) is 0 Å². The zero-order chi connectivity index (χ0) is 11.5. The van der Waals surface area contributed by atoms with Crippen molar-refractivity contribution in [2.45, 2.75) is 6.92 Å². The van der Waals surface area contributed by atoms with Gasteiger partial charge in [0.1, 0.15) is 5.82 Å². The second-order valence-electron chi connectivity index (χ2n) is 3.61. The molecule has 0 nitrogen and oxygen atoms in total. The van der Waals surface area contributed by atoms with Gasteiger partial charge in [-0.3, -0.25) is 0 Å². The number of hydrogen-bond acceptors (Lipinski definition) is 0. The topological polar surface area (TPSA) is 0 Å². The lowest BCUT2D eigenvalue weighted by Crippen LogP contribution is -1.97.